The van der Waals surface area contributed by atoms with Crippen LogP contribution in [0.1, 0.15) is 52.0 Å². The normalized spacial score (nSPS) is 13.1. The lowest BCUT2D eigenvalue weighted by molar-refractivity contribution is 0.0745. The lowest BCUT2D eigenvalue weighted by Crippen LogP contribution is -2.35. The van der Waals surface area contributed by atoms with Crippen molar-refractivity contribution >= 4 is 17.2 Å². The van der Waals surface area contributed by atoms with Crippen LogP contribution in [-0.2, 0) is 6.42 Å². The fraction of sp³-hybridized carbons (Fsp3) is 0.429. The summed E-state index contributed by atoms with van der Waals surface area (Å²) in [7, 11) is 1.66. The Balaban J connectivity index is 1.57. The molecule has 0 aliphatic heterocycles. The van der Waals surface area contributed by atoms with Crippen LogP contribution in [0.5, 0.6) is 11.5 Å². The maximum Gasteiger partial charge on any atom is 0.274 e. The number of ether oxygens (including phenoxy) is 2. The first kappa shape index (κ1) is 24.3. The second kappa shape index (κ2) is 10.6. The zero-order chi connectivity index (χ0) is 24.2. The van der Waals surface area contributed by atoms with Gasteiger partial charge in [0.1, 0.15) is 5.69 Å². The van der Waals surface area contributed by atoms with E-state index >= 15 is 0 Å². The molecule has 3 aromatic rings. The smallest absolute Gasteiger partial charge is 0.274 e. The van der Waals surface area contributed by atoms with Gasteiger partial charge in [0.25, 0.3) is 5.91 Å². The van der Waals surface area contributed by atoms with E-state index in [4.69, 9.17) is 14.5 Å². The van der Waals surface area contributed by atoms with Crippen LogP contribution in [0.25, 0.3) is 10.4 Å². The minimum Gasteiger partial charge on any atom is -0.493 e. The molecule has 34 heavy (non-hydrogen) atoms. The number of aryl methyl sites for hydroxylation is 3. The molecule has 1 heterocycles. The number of nitrogens with zero attached hydrogens (tertiary/aromatic N) is 2. The average molecular weight is 479 g/mol. The topological polar surface area (TPSA) is 51.7 Å². The molecular weight excluding hydrogens is 444 g/mol. The number of hydrogen-bond donors (Lipinski definition) is 0. The van der Waals surface area contributed by atoms with Gasteiger partial charge < -0.3 is 14.4 Å². The quantitative estimate of drug-likeness (QED) is 0.346. The number of carbonyl (C=O) groups is 1. The highest BCUT2D eigenvalue weighted by molar-refractivity contribution is 7.15. The maximum atomic E-state index is 13.8. The molecule has 1 fully saturated rings. The number of thiazole rings is 1. The third-order valence-electron chi connectivity index (χ3n) is 6.37. The highest BCUT2D eigenvalue weighted by Gasteiger charge is 2.30. The summed E-state index contributed by atoms with van der Waals surface area (Å²) in [4.78, 5) is 21.4. The number of amides is 1. The lowest BCUT2D eigenvalue weighted by atomic mass is 10.0. The van der Waals surface area contributed by atoms with Gasteiger partial charge in [0.2, 0.25) is 0 Å². The third-order valence-corrected chi connectivity index (χ3v) is 7.39. The van der Waals surface area contributed by atoms with E-state index in [1.54, 1.807) is 18.4 Å². The fourth-order valence-electron chi connectivity index (χ4n) is 4.09. The van der Waals surface area contributed by atoms with E-state index < -0.39 is 0 Å². The number of carbonyl (C=O) groups excluding carboxylic acids is 1. The Morgan fingerprint density at radius 3 is 2.56 bits per heavy atom. The molecule has 0 bridgehead atoms. The average Bonchev–Trinajstić information content (AvgIpc) is 3.57. The lowest BCUT2D eigenvalue weighted by Gasteiger charge is -2.23. The minimum atomic E-state index is 0.0300. The Kier molecular flexibility index (Phi) is 7.57. The third kappa shape index (κ3) is 5.61. The van der Waals surface area contributed by atoms with E-state index in [1.807, 2.05) is 30.9 Å². The van der Waals surface area contributed by atoms with Crippen LogP contribution in [-0.4, -0.2) is 42.6 Å². The van der Waals surface area contributed by atoms with E-state index in [0.717, 1.165) is 45.5 Å². The van der Waals surface area contributed by atoms with Gasteiger partial charge in [0.15, 0.2) is 11.5 Å². The van der Waals surface area contributed by atoms with E-state index in [-0.39, 0.29) is 5.91 Å². The number of hydrogen-bond acceptors (Lipinski definition) is 5. The van der Waals surface area contributed by atoms with E-state index in [2.05, 4.69) is 38.1 Å². The van der Waals surface area contributed by atoms with E-state index in [0.29, 0.717) is 24.8 Å². The summed E-state index contributed by atoms with van der Waals surface area (Å²) in [5.41, 5.74) is 5.24. The van der Waals surface area contributed by atoms with E-state index in [1.165, 1.54) is 24.0 Å². The number of aromatic nitrogens is 1. The Bertz CT molecular complexity index is 1170. The number of benzene rings is 2. The van der Waals surface area contributed by atoms with Gasteiger partial charge in [-0.3, -0.25) is 4.79 Å². The molecule has 0 spiro atoms. The molecule has 1 aliphatic rings. The van der Waals surface area contributed by atoms with Gasteiger partial charge in [-0.1, -0.05) is 24.3 Å². The van der Waals surface area contributed by atoms with Crippen molar-refractivity contribution in [3.05, 3.63) is 63.8 Å². The van der Waals surface area contributed by atoms with Crippen molar-refractivity contribution < 1.29 is 14.3 Å². The Morgan fingerprint density at radius 2 is 1.88 bits per heavy atom. The van der Waals surface area contributed by atoms with Crippen molar-refractivity contribution in [1.82, 2.24) is 9.88 Å². The molecule has 4 rings (SSSR count). The molecule has 0 atom stereocenters. The number of methoxy groups -OCH3 is 1. The summed E-state index contributed by atoms with van der Waals surface area (Å²) in [6, 6.07) is 12.4. The Labute approximate surface area is 206 Å². The van der Waals surface area contributed by atoms with Gasteiger partial charge >= 0.3 is 0 Å². The second-order valence-electron chi connectivity index (χ2n) is 9.07. The van der Waals surface area contributed by atoms with Crippen LogP contribution < -0.4 is 9.47 Å². The summed E-state index contributed by atoms with van der Waals surface area (Å²) in [5.74, 6) is 2.10. The van der Waals surface area contributed by atoms with Gasteiger partial charge in [-0.15, -0.1) is 11.3 Å². The largest absolute Gasteiger partial charge is 0.493 e. The van der Waals surface area contributed by atoms with Crippen LogP contribution in [0.2, 0.25) is 0 Å². The van der Waals surface area contributed by atoms with Crippen LogP contribution in [0, 0.1) is 26.7 Å². The predicted octanol–water partition coefficient (Wildman–Crippen LogP) is 6.24. The summed E-state index contributed by atoms with van der Waals surface area (Å²) < 4.78 is 11.2. The molecule has 0 unspecified atom stereocenters. The monoisotopic (exact) mass is 478 g/mol. The molecule has 2 aromatic carbocycles. The number of rotatable bonds is 10. The first-order valence-electron chi connectivity index (χ1n) is 12.0. The molecule has 1 amide bonds. The Morgan fingerprint density at radius 1 is 1.09 bits per heavy atom. The van der Waals surface area contributed by atoms with Gasteiger partial charge in [0, 0.05) is 13.1 Å². The maximum absolute atomic E-state index is 13.8. The molecule has 1 saturated carbocycles. The van der Waals surface area contributed by atoms with Gasteiger partial charge in [-0.25, -0.2) is 4.98 Å². The van der Waals surface area contributed by atoms with Gasteiger partial charge in [0.05, 0.1) is 23.6 Å². The Hall–Kier alpha value is -2.86. The zero-order valence-electron chi connectivity index (χ0n) is 20.8. The van der Waals surface area contributed by atoms with Crippen molar-refractivity contribution in [2.24, 2.45) is 5.92 Å². The molecule has 0 saturated heterocycles. The van der Waals surface area contributed by atoms with Crippen LogP contribution in [0.3, 0.4) is 0 Å². The summed E-state index contributed by atoms with van der Waals surface area (Å²) in [6.45, 7) is 10.2. The SMILES string of the molecule is CCOc1ccc(CCN(CC2CC2)C(=O)c2nc(C)sc2-c2ccc(C)c(C)c2)cc1OC. The molecule has 1 aliphatic carbocycles. The highest BCUT2D eigenvalue weighted by Crippen LogP contribution is 2.35. The molecule has 0 radical (unpaired) electrons. The van der Waals surface area contributed by atoms with Crippen LogP contribution in [0.15, 0.2) is 36.4 Å². The zero-order valence-corrected chi connectivity index (χ0v) is 21.6. The fourth-order valence-corrected chi connectivity index (χ4v) is 5.00. The molecule has 5 nitrogen and oxygen atoms in total. The summed E-state index contributed by atoms with van der Waals surface area (Å²) >= 11 is 1.60. The van der Waals surface area contributed by atoms with Crippen molar-refractivity contribution in [3.63, 3.8) is 0 Å². The van der Waals surface area contributed by atoms with Crippen molar-refractivity contribution in [3.8, 4) is 21.9 Å². The second-order valence-corrected chi connectivity index (χ2v) is 10.3. The molecule has 0 N–H and O–H groups in total. The standard InChI is InChI=1S/C28H34N2O3S/c1-6-33-24-12-10-21(16-25(24)32-5)13-14-30(17-22-8-9-22)28(31)26-27(34-20(4)29-26)23-11-7-18(2)19(3)15-23/h7,10-12,15-16,22H,6,8-9,13-14,17H2,1-5H3. The van der Waals surface area contributed by atoms with Crippen molar-refractivity contribution in [1.29, 1.82) is 0 Å². The first-order chi connectivity index (χ1) is 16.4. The molecular formula is C28H34N2O3S. The van der Waals surface area contributed by atoms with Crippen molar-refractivity contribution in [2.45, 2.75) is 47.0 Å². The van der Waals surface area contributed by atoms with E-state index in [9.17, 15) is 4.79 Å². The van der Waals surface area contributed by atoms with Crippen LogP contribution >= 0.6 is 11.3 Å². The molecule has 6 heteroatoms. The molecule has 1 aromatic heterocycles. The van der Waals surface area contributed by atoms with Crippen molar-refractivity contribution in [2.75, 3.05) is 26.8 Å². The summed E-state index contributed by atoms with van der Waals surface area (Å²) in [5, 5.41) is 0.916. The predicted molar refractivity (Wildman–Crippen MR) is 138 cm³/mol. The first-order valence-corrected chi connectivity index (χ1v) is 12.8. The van der Waals surface area contributed by atoms with Gasteiger partial charge in [-0.2, -0.15) is 0 Å². The highest BCUT2D eigenvalue weighted by atomic mass is 32.1. The molecule has 180 valence electrons. The minimum absolute atomic E-state index is 0.0300. The summed E-state index contributed by atoms with van der Waals surface area (Å²) in [6.07, 6.45) is 3.14. The van der Waals surface area contributed by atoms with Crippen LogP contribution in [0.4, 0.5) is 0 Å². The van der Waals surface area contributed by atoms with Gasteiger partial charge in [-0.05, 0) is 87.3 Å².